The molecular weight excluding hydrogens is 731 g/mol. The van der Waals surface area contributed by atoms with Crippen LogP contribution in [0.25, 0.3) is 10.8 Å². The third-order valence-electron chi connectivity index (χ3n) is 9.64. The number of amides is 3. The van der Waals surface area contributed by atoms with E-state index < -0.39 is 54.2 Å². The molecule has 0 spiro atoms. The Morgan fingerprint density at radius 1 is 0.655 bits per heavy atom. The molecule has 5 rings (SSSR count). The molecule has 5 aromatic carbocycles. The molecule has 10 nitrogen and oxygen atoms in total. The van der Waals surface area contributed by atoms with Crippen LogP contribution in [0.15, 0.2) is 153 Å². The highest BCUT2D eigenvalue weighted by molar-refractivity contribution is 5.99. The Hall–Kier alpha value is -6.52. The van der Waals surface area contributed by atoms with E-state index in [2.05, 4.69) is 29.1 Å². The highest BCUT2D eigenvalue weighted by atomic mass is 16.5. The number of ether oxygens (including phenoxy) is 2. The van der Waals surface area contributed by atoms with Crippen LogP contribution in [0, 0.1) is 11.8 Å². The third-order valence-corrected chi connectivity index (χ3v) is 9.64. The number of hydrogen-bond donors (Lipinski definition) is 4. The maximum Gasteiger partial charge on any atom is 0.309 e. The lowest BCUT2D eigenvalue weighted by atomic mass is 9.96. The van der Waals surface area contributed by atoms with Gasteiger partial charge in [0, 0.05) is 12.1 Å². The lowest BCUT2D eigenvalue weighted by Crippen LogP contribution is -2.50. The summed E-state index contributed by atoms with van der Waals surface area (Å²) in [6, 6.07) is 38.0. The average molecular weight is 782 g/mol. The van der Waals surface area contributed by atoms with Crippen molar-refractivity contribution in [1.29, 1.82) is 0 Å². The Balaban J connectivity index is 1.22. The summed E-state index contributed by atoms with van der Waals surface area (Å²) in [4.78, 5) is 54.3. The minimum atomic E-state index is -1.29. The Labute approximate surface area is 340 Å². The van der Waals surface area contributed by atoms with Gasteiger partial charge in [-0.15, -0.1) is 13.2 Å². The molecule has 0 saturated carbocycles. The van der Waals surface area contributed by atoms with Crippen molar-refractivity contribution in [3.63, 3.8) is 0 Å². The summed E-state index contributed by atoms with van der Waals surface area (Å²) in [7, 11) is 0. The number of anilines is 1. The van der Waals surface area contributed by atoms with Gasteiger partial charge in [0.05, 0.1) is 24.5 Å². The quantitative estimate of drug-likeness (QED) is 0.0433. The van der Waals surface area contributed by atoms with Crippen molar-refractivity contribution in [2.45, 2.75) is 50.8 Å². The summed E-state index contributed by atoms with van der Waals surface area (Å²) in [6.45, 7) is 7.22. The lowest BCUT2D eigenvalue weighted by Gasteiger charge is -2.23. The van der Waals surface area contributed by atoms with Crippen LogP contribution in [0.2, 0.25) is 0 Å². The molecule has 300 valence electrons. The molecule has 0 radical (unpaired) electrons. The first-order valence-electron chi connectivity index (χ1n) is 19.4. The lowest BCUT2D eigenvalue weighted by molar-refractivity contribution is -0.150. The number of fused-ring (bicyclic) bond motifs is 1. The molecule has 0 aliphatic carbocycles. The zero-order valence-corrected chi connectivity index (χ0v) is 32.6. The van der Waals surface area contributed by atoms with Crippen molar-refractivity contribution in [3.05, 3.63) is 169 Å². The van der Waals surface area contributed by atoms with Crippen LogP contribution in [-0.2, 0) is 43.4 Å². The van der Waals surface area contributed by atoms with Crippen LogP contribution >= 0.6 is 0 Å². The molecule has 0 saturated heterocycles. The van der Waals surface area contributed by atoms with Crippen molar-refractivity contribution in [3.8, 4) is 5.75 Å². The van der Waals surface area contributed by atoms with E-state index >= 15 is 0 Å². The second-order valence-electron chi connectivity index (χ2n) is 14.1. The van der Waals surface area contributed by atoms with Gasteiger partial charge >= 0.3 is 5.97 Å². The second-order valence-corrected chi connectivity index (χ2v) is 14.1. The largest absolute Gasteiger partial charge is 0.489 e. The average Bonchev–Trinajstić information content (AvgIpc) is 3.24. The third kappa shape index (κ3) is 13.3. The maximum absolute atomic E-state index is 13.8. The fourth-order valence-corrected chi connectivity index (χ4v) is 6.52. The van der Waals surface area contributed by atoms with Crippen LogP contribution in [0.1, 0.15) is 36.0 Å². The van der Waals surface area contributed by atoms with E-state index in [0.717, 1.165) is 27.5 Å². The Bertz CT molecular complexity index is 2120. The number of esters is 1. The molecule has 0 aliphatic rings. The van der Waals surface area contributed by atoms with Crippen molar-refractivity contribution < 1.29 is 33.8 Å². The van der Waals surface area contributed by atoms with Gasteiger partial charge in [0.2, 0.25) is 11.8 Å². The zero-order valence-electron chi connectivity index (χ0n) is 32.6. The molecule has 0 fully saturated rings. The highest BCUT2D eigenvalue weighted by Gasteiger charge is 2.30. The summed E-state index contributed by atoms with van der Waals surface area (Å²) in [6.07, 6.45) is 4.17. The number of rotatable bonds is 22. The summed E-state index contributed by atoms with van der Waals surface area (Å²) in [5, 5.41) is 20.5. The van der Waals surface area contributed by atoms with E-state index in [0.29, 0.717) is 37.3 Å². The smallest absolute Gasteiger partial charge is 0.309 e. The molecule has 4 atom stereocenters. The van der Waals surface area contributed by atoms with E-state index in [9.17, 15) is 24.3 Å². The second kappa shape index (κ2) is 22.3. The van der Waals surface area contributed by atoms with E-state index in [-0.39, 0.29) is 19.4 Å². The summed E-state index contributed by atoms with van der Waals surface area (Å²) < 4.78 is 11.6. The van der Waals surface area contributed by atoms with E-state index in [1.54, 1.807) is 12.1 Å². The molecule has 0 aromatic heterocycles. The SMILES string of the molecule is C=CC[C@@H](CC(=O)N[C@H](CO)Cc1ccc(OCc2ccccc2)cc1)C(=O)N[C@@H](COC(=O)[C@@H](CC=C)Cc1ccccc1)C(=O)Nc1ccc2ccccc2c1. The topological polar surface area (TPSA) is 143 Å². The fourth-order valence-electron chi connectivity index (χ4n) is 6.52. The molecule has 3 amide bonds. The maximum atomic E-state index is 13.8. The first-order chi connectivity index (χ1) is 28.2. The number of carbonyl (C=O) groups is 4. The Morgan fingerprint density at radius 2 is 1.28 bits per heavy atom. The summed E-state index contributed by atoms with van der Waals surface area (Å²) in [5.74, 6) is -2.95. The predicted octanol–water partition coefficient (Wildman–Crippen LogP) is 7.12. The van der Waals surface area contributed by atoms with Crippen LogP contribution in [0.3, 0.4) is 0 Å². The normalized spacial score (nSPS) is 12.9. The molecule has 4 N–H and O–H groups in total. The van der Waals surface area contributed by atoms with Gasteiger partial charge in [0.1, 0.15) is 25.0 Å². The molecule has 0 heterocycles. The van der Waals surface area contributed by atoms with Gasteiger partial charge in [-0.05, 0) is 77.4 Å². The van der Waals surface area contributed by atoms with Gasteiger partial charge in [-0.1, -0.05) is 115 Å². The molecule has 0 unspecified atom stereocenters. The van der Waals surface area contributed by atoms with Gasteiger partial charge in [-0.2, -0.15) is 0 Å². The number of carbonyl (C=O) groups excluding carboxylic acids is 4. The van der Waals surface area contributed by atoms with Gasteiger partial charge in [-0.25, -0.2) is 0 Å². The molecular formula is C48H51N3O7. The fraction of sp³-hybridized carbons (Fsp3) is 0.250. The van der Waals surface area contributed by atoms with Crippen molar-refractivity contribution in [2.75, 3.05) is 18.5 Å². The molecule has 58 heavy (non-hydrogen) atoms. The number of hydrogen-bond acceptors (Lipinski definition) is 7. The van der Waals surface area contributed by atoms with Crippen molar-refractivity contribution in [2.24, 2.45) is 11.8 Å². The molecule has 10 heteroatoms. The van der Waals surface area contributed by atoms with Crippen LogP contribution in [0.5, 0.6) is 5.75 Å². The number of aliphatic hydroxyl groups is 1. The van der Waals surface area contributed by atoms with Gasteiger partial charge in [0.25, 0.3) is 5.91 Å². The monoisotopic (exact) mass is 781 g/mol. The summed E-state index contributed by atoms with van der Waals surface area (Å²) >= 11 is 0. The van der Waals surface area contributed by atoms with Crippen molar-refractivity contribution in [1.82, 2.24) is 10.6 Å². The highest BCUT2D eigenvalue weighted by Crippen LogP contribution is 2.21. The van der Waals surface area contributed by atoms with Crippen molar-refractivity contribution >= 4 is 40.2 Å². The van der Waals surface area contributed by atoms with E-state index in [1.807, 2.05) is 121 Å². The van der Waals surface area contributed by atoms with Gasteiger partial charge in [0.15, 0.2) is 0 Å². The molecule has 0 aliphatic heterocycles. The standard InChI is InChI=1S/C48H51N3O7/c1-3-13-39(30-45(53)49-42(31-52)28-35-21-25-43(26-22-35)57-32-36-17-9-6-10-18-36)46(54)51-44(47(55)50-41-24-23-37-19-11-12-20-38(37)29-41)33-58-48(56)40(14-4-2)27-34-15-7-5-8-16-34/h3-12,15-26,29,39-40,42,44,52H,1-2,13-14,27-28,30-33H2,(H,49,53)(H,50,55)(H,51,54)/t39-,40-,42-,44-/m0/s1. The number of nitrogens with one attached hydrogen (secondary N) is 3. The van der Waals surface area contributed by atoms with Gasteiger partial charge in [-0.3, -0.25) is 19.2 Å². The van der Waals surface area contributed by atoms with E-state index in [4.69, 9.17) is 9.47 Å². The molecule has 0 bridgehead atoms. The number of benzene rings is 5. The van der Waals surface area contributed by atoms with Crippen LogP contribution < -0.4 is 20.7 Å². The minimum absolute atomic E-state index is 0.130. The zero-order chi connectivity index (χ0) is 41.1. The predicted molar refractivity (Wildman–Crippen MR) is 227 cm³/mol. The Morgan fingerprint density at radius 3 is 1.95 bits per heavy atom. The van der Waals surface area contributed by atoms with Crippen LogP contribution in [-0.4, -0.2) is 54.1 Å². The number of aliphatic hydroxyl groups excluding tert-OH is 1. The molecule has 5 aromatic rings. The Kier molecular flexibility index (Phi) is 16.4. The first-order valence-corrected chi connectivity index (χ1v) is 19.4. The van der Waals surface area contributed by atoms with Crippen LogP contribution in [0.4, 0.5) is 5.69 Å². The minimum Gasteiger partial charge on any atom is -0.489 e. The number of allylic oxidation sites excluding steroid dienone is 2. The van der Waals surface area contributed by atoms with Gasteiger partial charge < -0.3 is 30.5 Å². The van der Waals surface area contributed by atoms with E-state index in [1.165, 1.54) is 6.08 Å². The first kappa shape index (κ1) is 42.6. The summed E-state index contributed by atoms with van der Waals surface area (Å²) in [5.41, 5.74) is 3.37.